The van der Waals surface area contributed by atoms with Gasteiger partial charge in [0.1, 0.15) is 5.69 Å². The Kier molecular flexibility index (Phi) is 4.83. The third-order valence-corrected chi connectivity index (χ3v) is 4.82. The van der Waals surface area contributed by atoms with Gasteiger partial charge in [0.05, 0.1) is 0 Å². The number of amides is 1. The molecule has 0 saturated heterocycles. The molecule has 1 aliphatic heterocycles. The van der Waals surface area contributed by atoms with E-state index < -0.39 is 0 Å². The van der Waals surface area contributed by atoms with Crippen LogP contribution in [0.15, 0.2) is 66.9 Å². The summed E-state index contributed by atoms with van der Waals surface area (Å²) in [6.07, 6.45) is 3.78. The second kappa shape index (κ2) is 7.58. The molecule has 1 amide bonds. The van der Waals surface area contributed by atoms with Gasteiger partial charge in [-0.1, -0.05) is 48.5 Å². The second-order valence-electron chi connectivity index (χ2n) is 6.77. The van der Waals surface area contributed by atoms with Crippen molar-refractivity contribution in [3.05, 3.63) is 83.7 Å². The summed E-state index contributed by atoms with van der Waals surface area (Å²) in [5.41, 5.74) is 3.94. The molecule has 0 N–H and O–H groups in total. The van der Waals surface area contributed by atoms with Gasteiger partial charge in [0.25, 0.3) is 5.91 Å². The average Bonchev–Trinajstić information content (AvgIpc) is 2.73. The standard InChI is InChI=1S/C22H22N4O/c1-25(16-17-8-3-2-4-9-17)21(27)19-13-14-23-22(24-19)26-15-7-11-18-10-5-6-12-20(18)26/h2-6,8-10,12-14H,7,11,15-16H2,1H3. The Bertz CT molecular complexity index is 942. The molecule has 2 aromatic carbocycles. The number of nitrogens with zero attached hydrogens (tertiary/aromatic N) is 4. The van der Waals surface area contributed by atoms with Gasteiger partial charge in [0, 0.05) is 32.0 Å². The maximum Gasteiger partial charge on any atom is 0.272 e. The molecule has 0 bridgehead atoms. The monoisotopic (exact) mass is 358 g/mol. The van der Waals surface area contributed by atoms with Crippen LogP contribution in [0.25, 0.3) is 0 Å². The van der Waals surface area contributed by atoms with E-state index in [9.17, 15) is 4.79 Å². The first-order valence-corrected chi connectivity index (χ1v) is 9.20. The predicted molar refractivity (Wildman–Crippen MR) is 106 cm³/mol. The second-order valence-corrected chi connectivity index (χ2v) is 6.77. The highest BCUT2D eigenvalue weighted by Crippen LogP contribution is 2.31. The molecule has 0 spiro atoms. The highest BCUT2D eigenvalue weighted by atomic mass is 16.2. The van der Waals surface area contributed by atoms with Crippen LogP contribution in [0, 0.1) is 0 Å². The van der Waals surface area contributed by atoms with Crippen molar-refractivity contribution in [2.45, 2.75) is 19.4 Å². The number of benzene rings is 2. The molecule has 1 aliphatic rings. The van der Waals surface area contributed by atoms with Crippen LogP contribution in [0.2, 0.25) is 0 Å². The summed E-state index contributed by atoms with van der Waals surface area (Å²) in [6.45, 7) is 1.40. The predicted octanol–water partition coefficient (Wildman–Crippen LogP) is 3.83. The number of anilines is 2. The summed E-state index contributed by atoms with van der Waals surface area (Å²) in [5, 5.41) is 0. The lowest BCUT2D eigenvalue weighted by atomic mass is 10.0. The van der Waals surface area contributed by atoms with Gasteiger partial charge in [-0.15, -0.1) is 0 Å². The Balaban J connectivity index is 1.57. The highest BCUT2D eigenvalue weighted by Gasteiger charge is 2.21. The van der Waals surface area contributed by atoms with Crippen LogP contribution in [-0.2, 0) is 13.0 Å². The zero-order valence-electron chi connectivity index (χ0n) is 15.4. The van der Waals surface area contributed by atoms with E-state index in [1.165, 1.54) is 5.56 Å². The average molecular weight is 358 g/mol. The first-order chi connectivity index (χ1) is 13.2. The molecule has 0 fully saturated rings. The Morgan fingerprint density at radius 1 is 1.07 bits per heavy atom. The molecule has 2 heterocycles. The molecule has 5 nitrogen and oxygen atoms in total. The van der Waals surface area contributed by atoms with Crippen molar-refractivity contribution in [2.24, 2.45) is 0 Å². The number of hydrogen-bond acceptors (Lipinski definition) is 4. The van der Waals surface area contributed by atoms with Gasteiger partial charge in [-0.3, -0.25) is 4.79 Å². The number of hydrogen-bond donors (Lipinski definition) is 0. The highest BCUT2D eigenvalue weighted by molar-refractivity contribution is 5.92. The smallest absolute Gasteiger partial charge is 0.272 e. The van der Waals surface area contributed by atoms with E-state index in [0.29, 0.717) is 18.2 Å². The zero-order chi connectivity index (χ0) is 18.6. The van der Waals surface area contributed by atoms with E-state index in [1.807, 2.05) is 36.4 Å². The van der Waals surface area contributed by atoms with E-state index in [-0.39, 0.29) is 5.91 Å². The number of aryl methyl sites for hydroxylation is 1. The fourth-order valence-corrected chi connectivity index (χ4v) is 3.46. The first kappa shape index (κ1) is 17.2. The summed E-state index contributed by atoms with van der Waals surface area (Å²) < 4.78 is 0. The van der Waals surface area contributed by atoms with Gasteiger partial charge in [-0.2, -0.15) is 0 Å². The zero-order valence-corrected chi connectivity index (χ0v) is 15.4. The molecule has 3 aromatic rings. The van der Waals surface area contributed by atoms with Crippen LogP contribution in [0.5, 0.6) is 0 Å². The Labute approximate surface area is 159 Å². The van der Waals surface area contributed by atoms with Gasteiger partial charge < -0.3 is 9.80 Å². The molecule has 1 aromatic heterocycles. The number of para-hydroxylation sites is 1. The maximum absolute atomic E-state index is 12.8. The van der Waals surface area contributed by atoms with Gasteiger partial charge in [0.2, 0.25) is 5.95 Å². The molecule has 0 aliphatic carbocycles. The van der Waals surface area contributed by atoms with E-state index >= 15 is 0 Å². The molecule has 0 atom stereocenters. The van der Waals surface area contributed by atoms with Gasteiger partial charge in [-0.05, 0) is 36.1 Å². The summed E-state index contributed by atoms with van der Waals surface area (Å²) in [4.78, 5) is 25.7. The molecule has 0 saturated carbocycles. The third-order valence-electron chi connectivity index (χ3n) is 4.82. The molecule has 4 rings (SSSR count). The molecule has 136 valence electrons. The van der Waals surface area contributed by atoms with Crippen LogP contribution in [0.3, 0.4) is 0 Å². The summed E-state index contributed by atoms with van der Waals surface area (Å²) >= 11 is 0. The lowest BCUT2D eigenvalue weighted by molar-refractivity contribution is 0.0779. The Morgan fingerprint density at radius 3 is 2.70 bits per heavy atom. The Hall–Kier alpha value is -3.21. The first-order valence-electron chi connectivity index (χ1n) is 9.20. The van der Waals surface area contributed by atoms with Crippen LogP contribution in [0.1, 0.15) is 28.0 Å². The van der Waals surface area contributed by atoms with E-state index in [2.05, 4.69) is 33.1 Å². The molecule has 0 radical (unpaired) electrons. The molecular weight excluding hydrogens is 336 g/mol. The fourth-order valence-electron chi connectivity index (χ4n) is 3.46. The van der Waals surface area contributed by atoms with Gasteiger partial charge in [-0.25, -0.2) is 9.97 Å². The van der Waals surface area contributed by atoms with Crippen molar-refractivity contribution in [2.75, 3.05) is 18.5 Å². The SMILES string of the molecule is CN(Cc1ccccc1)C(=O)c1ccnc(N2CCCc3ccccc32)n1. The van der Waals surface area contributed by atoms with Crippen molar-refractivity contribution >= 4 is 17.5 Å². The number of carbonyl (C=O) groups is 1. The number of fused-ring (bicyclic) bond motifs is 1. The topological polar surface area (TPSA) is 49.3 Å². The van der Waals surface area contributed by atoms with E-state index in [0.717, 1.165) is 30.6 Å². The minimum atomic E-state index is -0.104. The van der Waals surface area contributed by atoms with Crippen molar-refractivity contribution in [1.82, 2.24) is 14.9 Å². The number of carbonyl (C=O) groups excluding carboxylic acids is 1. The fraction of sp³-hybridized carbons (Fsp3) is 0.227. The third kappa shape index (κ3) is 3.67. The lowest BCUT2D eigenvalue weighted by Crippen LogP contribution is -2.29. The van der Waals surface area contributed by atoms with Gasteiger partial charge in [0.15, 0.2) is 0 Å². The molecule has 0 unspecified atom stereocenters. The summed E-state index contributed by atoms with van der Waals surface area (Å²) in [7, 11) is 1.80. The van der Waals surface area contributed by atoms with Crippen LogP contribution in [-0.4, -0.2) is 34.4 Å². The largest absolute Gasteiger partial charge is 0.336 e. The van der Waals surface area contributed by atoms with Crippen molar-refractivity contribution in [1.29, 1.82) is 0 Å². The quantitative estimate of drug-likeness (QED) is 0.711. The normalized spacial score (nSPS) is 13.1. The van der Waals surface area contributed by atoms with Crippen LogP contribution >= 0.6 is 0 Å². The lowest BCUT2D eigenvalue weighted by Gasteiger charge is -2.29. The minimum Gasteiger partial charge on any atom is -0.336 e. The molecule has 5 heteroatoms. The van der Waals surface area contributed by atoms with E-state index in [4.69, 9.17) is 0 Å². The van der Waals surface area contributed by atoms with Crippen LogP contribution in [0.4, 0.5) is 11.6 Å². The van der Waals surface area contributed by atoms with Crippen molar-refractivity contribution in [3.63, 3.8) is 0 Å². The summed E-state index contributed by atoms with van der Waals surface area (Å²) in [5.74, 6) is 0.480. The number of aromatic nitrogens is 2. The summed E-state index contributed by atoms with van der Waals surface area (Å²) in [6, 6.07) is 20.0. The molecule has 27 heavy (non-hydrogen) atoms. The maximum atomic E-state index is 12.8. The van der Waals surface area contributed by atoms with Crippen LogP contribution < -0.4 is 4.90 Å². The van der Waals surface area contributed by atoms with Crippen molar-refractivity contribution in [3.8, 4) is 0 Å². The Morgan fingerprint density at radius 2 is 1.85 bits per heavy atom. The minimum absolute atomic E-state index is 0.104. The molecular formula is C22H22N4O. The number of rotatable bonds is 4. The van der Waals surface area contributed by atoms with E-state index in [1.54, 1.807) is 24.2 Å². The van der Waals surface area contributed by atoms with Gasteiger partial charge >= 0.3 is 0 Å². The van der Waals surface area contributed by atoms with Crippen molar-refractivity contribution < 1.29 is 4.79 Å².